The molecule has 1 N–H and O–H groups in total. The van der Waals surface area contributed by atoms with E-state index in [9.17, 15) is 14.9 Å². The van der Waals surface area contributed by atoms with Crippen LogP contribution in [-0.4, -0.2) is 36.3 Å². The van der Waals surface area contributed by atoms with Crippen molar-refractivity contribution in [3.05, 3.63) is 63.7 Å². The summed E-state index contributed by atoms with van der Waals surface area (Å²) in [5.74, 6) is -0.403. The molecule has 138 valence electrons. The summed E-state index contributed by atoms with van der Waals surface area (Å²) in [5.41, 5.74) is 0.657. The fourth-order valence-corrected chi connectivity index (χ4v) is 3.11. The second-order valence-electron chi connectivity index (χ2n) is 5.37. The molecule has 2 aromatic carbocycles. The number of carbonyl (C=O) groups is 1. The molecule has 27 heavy (non-hydrogen) atoms. The number of hydrogen-bond acceptors (Lipinski definition) is 7. The second-order valence-corrected chi connectivity index (χ2v) is 7.12. The molecule has 0 spiro atoms. The zero-order valence-corrected chi connectivity index (χ0v) is 15.5. The highest BCUT2D eigenvalue weighted by Crippen LogP contribution is 2.27. The summed E-state index contributed by atoms with van der Waals surface area (Å²) in [6, 6.07) is 12.9. The van der Waals surface area contributed by atoms with Crippen LogP contribution in [0.2, 0.25) is 5.02 Å². The number of para-hydroxylation sites is 2. The van der Waals surface area contributed by atoms with Crippen LogP contribution in [0.4, 0.5) is 11.4 Å². The molecule has 9 nitrogen and oxygen atoms in total. The molecule has 1 amide bonds. The average molecular weight is 405 g/mol. The smallest absolute Gasteiger partial charge is 0.292 e. The number of hydrogen-bond donors (Lipinski definition) is 1. The second kappa shape index (κ2) is 8.14. The molecule has 0 aliphatic heterocycles. The van der Waals surface area contributed by atoms with E-state index in [1.54, 1.807) is 37.3 Å². The first kappa shape index (κ1) is 18.8. The van der Waals surface area contributed by atoms with Gasteiger partial charge in [-0.15, -0.1) is 5.10 Å². The fraction of sp³-hybridized carbons (Fsp3) is 0.125. The number of tetrazole rings is 1. The summed E-state index contributed by atoms with van der Waals surface area (Å²) in [6.07, 6.45) is 0. The standard InChI is InChI=1S/C16H13ClN6O3S/c1-10(15(24)18-13-4-2-3-5-14(13)23(25)26)27-16-19-20-21-22(16)12-8-6-11(17)7-9-12/h2-10H,1H3,(H,18,24)/t10-/m1/s1. The largest absolute Gasteiger partial charge is 0.319 e. The molecule has 0 aliphatic carbocycles. The van der Waals surface area contributed by atoms with E-state index in [-0.39, 0.29) is 11.4 Å². The first-order chi connectivity index (χ1) is 13.0. The lowest BCUT2D eigenvalue weighted by atomic mass is 10.2. The Labute approximate surface area is 162 Å². The Morgan fingerprint density at radius 1 is 1.26 bits per heavy atom. The van der Waals surface area contributed by atoms with Crippen LogP contribution < -0.4 is 5.32 Å². The van der Waals surface area contributed by atoms with Crippen LogP contribution in [0.25, 0.3) is 5.69 Å². The lowest BCUT2D eigenvalue weighted by Crippen LogP contribution is -2.23. The summed E-state index contributed by atoms with van der Waals surface area (Å²) in [5, 5.41) is 25.5. The van der Waals surface area contributed by atoms with Crippen LogP contribution in [0.3, 0.4) is 0 Å². The SMILES string of the molecule is C[C@@H](Sc1nnnn1-c1ccc(Cl)cc1)C(=O)Nc1ccccc1[N+](=O)[O-]. The number of carbonyl (C=O) groups excluding carboxylic acids is 1. The molecule has 0 aliphatic rings. The Hall–Kier alpha value is -2.98. The van der Waals surface area contributed by atoms with Gasteiger partial charge in [0.05, 0.1) is 15.9 Å². The molecule has 1 atom stereocenters. The number of amides is 1. The van der Waals surface area contributed by atoms with Crippen LogP contribution in [0.5, 0.6) is 0 Å². The van der Waals surface area contributed by atoms with Gasteiger partial charge in [0.1, 0.15) is 5.69 Å². The van der Waals surface area contributed by atoms with Crippen molar-refractivity contribution < 1.29 is 9.72 Å². The number of halogens is 1. The van der Waals surface area contributed by atoms with Gasteiger partial charge in [0.25, 0.3) is 5.69 Å². The van der Waals surface area contributed by atoms with Crippen molar-refractivity contribution in [1.29, 1.82) is 0 Å². The lowest BCUT2D eigenvalue weighted by molar-refractivity contribution is -0.383. The van der Waals surface area contributed by atoms with Crippen LogP contribution in [0.1, 0.15) is 6.92 Å². The molecular formula is C16H13ClN6O3S. The summed E-state index contributed by atoms with van der Waals surface area (Å²) in [4.78, 5) is 23.0. The molecule has 0 radical (unpaired) electrons. The molecule has 0 saturated heterocycles. The molecule has 0 unspecified atom stereocenters. The molecule has 0 fully saturated rings. The zero-order chi connectivity index (χ0) is 19.4. The third-order valence-electron chi connectivity index (χ3n) is 3.52. The number of anilines is 1. The number of benzene rings is 2. The fourth-order valence-electron chi connectivity index (χ4n) is 2.18. The minimum atomic E-state index is -0.595. The van der Waals surface area contributed by atoms with Crippen LogP contribution in [0.15, 0.2) is 53.7 Å². The molecule has 1 aromatic heterocycles. The maximum Gasteiger partial charge on any atom is 0.292 e. The van der Waals surface area contributed by atoms with E-state index in [1.165, 1.54) is 22.9 Å². The van der Waals surface area contributed by atoms with Gasteiger partial charge < -0.3 is 5.32 Å². The van der Waals surface area contributed by atoms with Gasteiger partial charge in [0, 0.05) is 11.1 Å². The maximum atomic E-state index is 12.5. The average Bonchev–Trinajstić information content (AvgIpc) is 3.10. The summed E-state index contributed by atoms with van der Waals surface area (Å²) in [7, 11) is 0. The Bertz CT molecular complexity index is 978. The van der Waals surface area contributed by atoms with Gasteiger partial charge >= 0.3 is 0 Å². The predicted molar refractivity (Wildman–Crippen MR) is 101 cm³/mol. The first-order valence-electron chi connectivity index (χ1n) is 7.71. The number of thioether (sulfide) groups is 1. The van der Waals surface area contributed by atoms with Gasteiger partial charge in [-0.2, -0.15) is 4.68 Å². The number of aromatic nitrogens is 4. The number of nitro benzene ring substituents is 1. The molecular weight excluding hydrogens is 392 g/mol. The Kier molecular flexibility index (Phi) is 5.67. The molecule has 0 bridgehead atoms. The zero-order valence-electron chi connectivity index (χ0n) is 13.9. The van der Waals surface area contributed by atoms with Gasteiger partial charge in [0.2, 0.25) is 11.1 Å². The highest BCUT2D eigenvalue weighted by atomic mass is 35.5. The highest BCUT2D eigenvalue weighted by molar-refractivity contribution is 8.00. The van der Waals surface area contributed by atoms with Crippen molar-refractivity contribution in [2.45, 2.75) is 17.3 Å². The molecule has 1 heterocycles. The molecule has 3 aromatic rings. The van der Waals surface area contributed by atoms with E-state index in [0.717, 1.165) is 11.8 Å². The topological polar surface area (TPSA) is 116 Å². The number of nitrogens with zero attached hydrogens (tertiary/aromatic N) is 5. The molecule has 3 rings (SSSR count). The van der Waals surface area contributed by atoms with Gasteiger partial charge in [-0.1, -0.05) is 35.5 Å². The summed E-state index contributed by atoms with van der Waals surface area (Å²) >= 11 is 7.01. The van der Waals surface area contributed by atoms with E-state index >= 15 is 0 Å². The number of nitrogens with one attached hydrogen (secondary N) is 1. The van der Waals surface area contributed by atoms with Crippen molar-refractivity contribution in [3.8, 4) is 5.69 Å². The van der Waals surface area contributed by atoms with Gasteiger partial charge in [-0.3, -0.25) is 14.9 Å². The normalized spacial score (nSPS) is 11.8. The van der Waals surface area contributed by atoms with Crippen LogP contribution >= 0.6 is 23.4 Å². The van der Waals surface area contributed by atoms with E-state index in [2.05, 4.69) is 20.8 Å². The monoisotopic (exact) mass is 404 g/mol. The van der Waals surface area contributed by atoms with Crippen molar-refractivity contribution >= 4 is 40.6 Å². The van der Waals surface area contributed by atoms with E-state index in [4.69, 9.17) is 11.6 Å². The van der Waals surface area contributed by atoms with Gasteiger partial charge in [-0.25, -0.2) is 0 Å². The summed E-state index contributed by atoms with van der Waals surface area (Å²) in [6.45, 7) is 1.66. The maximum absolute atomic E-state index is 12.5. The quantitative estimate of drug-likeness (QED) is 0.380. The molecule has 0 saturated carbocycles. The lowest BCUT2D eigenvalue weighted by Gasteiger charge is -2.12. The summed E-state index contributed by atoms with van der Waals surface area (Å²) < 4.78 is 1.48. The van der Waals surface area contributed by atoms with Crippen molar-refractivity contribution in [1.82, 2.24) is 20.2 Å². The highest BCUT2D eigenvalue weighted by Gasteiger charge is 2.22. The molecule has 11 heteroatoms. The minimum Gasteiger partial charge on any atom is -0.319 e. The van der Waals surface area contributed by atoms with Crippen molar-refractivity contribution in [2.24, 2.45) is 0 Å². The van der Waals surface area contributed by atoms with E-state index < -0.39 is 16.1 Å². The van der Waals surface area contributed by atoms with E-state index in [0.29, 0.717) is 15.9 Å². The van der Waals surface area contributed by atoms with Crippen molar-refractivity contribution in [3.63, 3.8) is 0 Å². The Morgan fingerprint density at radius 2 is 1.96 bits per heavy atom. The van der Waals surface area contributed by atoms with Crippen LogP contribution in [0, 0.1) is 10.1 Å². The Morgan fingerprint density at radius 3 is 2.67 bits per heavy atom. The van der Waals surface area contributed by atoms with Gasteiger partial charge in [0.15, 0.2) is 0 Å². The van der Waals surface area contributed by atoms with Gasteiger partial charge in [-0.05, 0) is 47.7 Å². The van der Waals surface area contributed by atoms with Crippen LogP contribution in [-0.2, 0) is 4.79 Å². The third-order valence-corrected chi connectivity index (χ3v) is 4.81. The Balaban J connectivity index is 1.74. The number of rotatable bonds is 6. The van der Waals surface area contributed by atoms with E-state index in [1.807, 2.05) is 0 Å². The number of nitro groups is 1. The third kappa shape index (κ3) is 4.41. The predicted octanol–water partition coefficient (Wildman–Crippen LogP) is 3.34. The van der Waals surface area contributed by atoms with Crippen molar-refractivity contribution in [2.75, 3.05) is 5.32 Å². The first-order valence-corrected chi connectivity index (χ1v) is 8.96. The minimum absolute atomic E-state index is 0.136.